The minimum Gasteiger partial charge on any atom is -0.456 e. The normalized spacial score (nSPS) is 10.6. The van der Waals surface area contributed by atoms with Crippen molar-refractivity contribution in [1.29, 1.82) is 0 Å². The third kappa shape index (κ3) is 4.76. The van der Waals surface area contributed by atoms with Crippen LogP contribution in [0.1, 0.15) is 12.2 Å². The summed E-state index contributed by atoms with van der Waals surface area (Å²) in [4.78, 5) is 42.3. The maximum atomic E-state index is 13.5. The van der Waals surface area contributed by atoms with Gasteiger partial charge in [-0.3, -0.25) is 14.4 Å². The number of aromatic nitrogens is 2. The van der Waals surface area contributed by atoms with Gasteiger partial charge in [0.1, 0.15) is 17.5 Å². The summed E-state index contributed by atoms with van der Waals surface area (Å²) in [5, 5.41) is 2.62. The van der Waals surface area contributed by atoms with E-state index in [9.17, 15) is 23.2 Å². The second-order valence-corrected chi connectivity index (χ2v) is 5.86. The molecule has 28 heavy (non-hydrogen) atoms. The van der Waals surface area contributed by atoms with Crippen LogP contribution in [0, 0.1) is 11.6 Å². The van der Waals surface area contributed by atoms with E-state index < -0.39 is 30.1 Å². The number of ether oxygens (including phenoxy) is 1. The first-order chi connectivity index (χ1) is 13.4. The molecule has 9 heteroatoms. The SMILES string of the molecule is O=C(COC(=O)CCc1nc2ccccc2c(=O)[nH]1)Nc1ccc(F)cc1F. The van der Waals surface area contributed by atoms with Gasteiger partial charge in [-0.1, -0.05) is 12.1 Å². The number of hydrogen-bond acceptors (Lipinski definition) is 5. The zero-order valence-corrected chi connectivity index (χ0v) is 14.5. The molecule has 0 aliphatic rings. The number of halogens is 2. The van der Waals surface area contributed by atoms with E-state index in [0.29, 0.717) is 22.8 Å². The van der Waals surface area contributed by atoms with E-state index >= 15 is 0 Å². The molecule has 0 atom stereocenters. The number of rotatable bonds is 6. The van der Waals surface area contributed by atoms with E-state index in [1.165, 1.54) is 0 Å². The van der Waals surface area contributed by atoms with Gasteiger partial charge in [-0.05, 0) is 24.3 Å². The Bertz CT molecular complexity index is 1100. The summed E-state index contributed by atoms with van der Waals surface area (Å²) in [5.41, 5.74) is -0.0228. The molecule has 0 bridgehead atoms. The van der Waals surface area contributed by atoms with E-state index in [0.717, 1.165) is 12.1 Å². The number of carbonyl (C=O) groups excluding carboxylic acids is 2. The van der Waals surface area contributed by atoms with Crippen LogP contribution in [-0.4, -0.2) is 28.5 Å². The number of para-hydroxylation sites is 1. The van der Waals surface area contributed by atoms with Crippen molar-refractivity contribution in [3.8, 4) is 0 Å². The topological polar surface area (TPSA) is 101 Å². The summed E-state index contributed by atoms with van der Waals surface area (Å²) >= 11 is 0. The average Bonchev–Trinajstić information content (AvgIpc) is 2.67. The smallest absolute Gasteiger partial charge is 0.306 e. The largest absolute Gasteiger partial charge is 0.456 e. The van der Waals surface area contributed by atoms with E-state index in [2.05, 4.69) is 15.3 Å². The standard InChI is InChI=1S/C19H15F2N3O4/c20-11-5-6-15(13(21)9-11)23-17(25)10-28-18(26)8-7-16-22-14-4-2-1-3-12(14)19(27)24-16/h1-6,9H,7-8,10H2,(H,23,25)(H,22,24,27). The van der Waals surface area contributed by atoms with Crippen molar-refractivity contribution in [2.45, 2.75) is 12.8 Å². The number of hydrogen-bond donors (Lipinski definition) is 2. The molecule has 0 unspecified atom stereocenters. The van der Waals surface area contributed by atoms with Crippen LogP contribution in [0.4, 0.5) is 14.5 Å². The predicted molar refractivity (Wildman–Crippen MR) is 96.6 cm³/mol. The number of aromatic amines is 1. The first kappa shape index (κ1) is 19.2. The van der Waals surface area contributed by atoms with Gasteiger partial charge < -0.3 is 15.0 Å². The third-order valence-corrected chi connectivity index (χ3v) is 3.80. The van der Waals surface area contributed by atoms with Gasteiger partial charge in [0.15, 0.2) is 6.61 Å². The van der Waals surface area contributed by atoms with E-state index in [-0.39, 0.29) is 24.1 Å². The Morgan fingerprint density at radius 3 is 2.71 bits per heavy atom. The second kappa shape index (κ2) is 8.38. The molecule has 0 saturated carbocycles. The highest BCUT2D eigenvalue weighted by Crippen LogP contribution is 2.14. The highest BCUT2D eigenvalue weighted by atomic mass is 19.1. The minimum atomic E-state index is -0.939. The number of anilines is 1. The number of benzene rings is 2. The highest BCUT2D eigenvalue weighted by molar-refractivity contribution is 5.92. The quantitative estimate of drug-likeness (QED) is 0.632. The summed E-state index contributed by atoms with van der Waals surface area (Å²) in [6.07, 6.45) is 0.00653. The number of H-pyrrole nitrogens is 1. The van der Waals surface area contributed by atoms with Gasteiger partial charge in [0, 0.05) is 12.5 Å². The number of fused-ring (bicyclic) bond motifs is 1. The molecular formula is C19H15F2N3O4. The van der Waals surface area contributed by atoms with Crippen LogP contribution in [0.3, 0.4) is 0 Å². The monoisotopic (exact) mass is 387 g/mol. The van der Waals surface area contributed by atoms with Crippen molar-refractivity contribution in [2.75, 3.05) is 11.9 Å². The molecular weight excluding hydrogens is 372 g/mol. The lowest BCUT2D eigenvalue weighted by Crippen LogP contribution is -2.22. The van der Waals surface area contributed by atoms with Gasteiger partial charge >= 0.3 is 5.97 Å². The Kier molecular flexibility index (Phi) is 5.73. The molecule has 7 nitrogen and oxygen atoms in total. The lowest BCUT2D eigenvalue weighted by molar-refractivity contribution is -0.147. The molecule has 3 aromatic rings. The molecule has 1 heterocycles. The Labute approximate surface area is 157 Å². The molecule has 0 spiro atoms. The fourth-order valence-electron chi connectivity index (χ4n) is 2.47. The van der Waals surface area contributed by atoms with Gasteiger partial charge in [0.2, 0.25) is 0 Å². The maximum Gasteiger partial charge on any atom is 0.306 e. The fourth-order valence-corrected chi connectivity index (χ4v) is 2.47. The van der Waals surface area contributed by atoms with Crippen LogP contribution in [0.15, 0.2) is 47.3 Å². The molecule has 0 saturated heterocycles. The Morgan fingerprint density at radius 2 is 1.93 bits per heavy atom. The third-order valence-electron chi connectivity index (χ3n) is 3.80. The molecule has 1 amide bonds. The summed E-state index contributed by atoms with van der Waals surface area (Å²) in [5.74, 6) is -2.85. The lowest BCUT2D eigenvalue weighted by Gasteiger charge is -2.07. The van der Waals surface area contributed by atoms with Crippen molar-refractivity contribution in [3.05, 3.63) is 70.3 Å². The summed E-state index contributed by atoms with van der Waals surface area (Å²) < 4.78 is 31.1. The van der Waals surface area contributed by atoms with Crippen LogP contribution in [0.2, 0.25) is 0 Å². The van der Waals surface area contributed by atoms with Crippen molar-refractivity contribution in [1.82, 2.24) is 9.97 Å². The zero-order chi connectivity index (χ0) is 20.1. The number of esters is 1. The Morgan fingerprint density at radius 1 is 1.14 bits per heavy atom. The highest BCUT2D eigenvalue weighted by Gasteiger charge is 2.12. The van der Waals surface area contributed by atoms with E-state index in [1.807, 2.05) is 0 Å². The average molecular weight is 387 g/mol. The summed E-state index contributed by atoms with van der Waals surface area (Å²) in [6.45, 7) is -0.628. The van der Waals surface area contributed by atoms with Crippen molar-refractivity contribution in [2.24, 2.45) is 0 Å². The molecule has 0 radical (unpaired) electrons. The lowest BCUT2D eigenvalue weighted by atomic mass is 10.2. The first-order valence-electron chi connectivity index (χ1n) is 8.31. The molecule has 2 aromatic carbocycles. The van der Waals surface area contributed by atoms with Crippen LogP contribution >= 0.6 is 0 Å². The van der Waals surface area contributed by atoms with Gasteiger partial charge in [-0.25, -0.2) is 13.8 Å². The first-order valence-corrected chi connectivity index (χ1v) is 8.31. The number of aryl methyl sites for hydroxylation is 1. The molecule has 144 valence electrons. The molecule has 3 rings (SSSR count). The molecule has 0 fully saturated rings. The van der Waals surface area contributed by atoms with Gasteiger partial charge in [0.05, 0.1) is 23.0 Å². The van der Waals surface area contributed by atoms with Crippen LogP contribution < -0.4 is 10.9 Å². The van der Waals surface area contributed by atoms with Gasteiger partial charge in [-0.15, -0.1) is 0 Å². The maximum absolute atomic E-state index is 13.5. The number of nitrogens with one attached hydrogen (secondary N) is 2. The predicted octanol–water partition coefficient (Wildman–Crippen LogP) is 2.32. The molecule has 2 N–H and O–H groups in total. The summed E-state index contributed by atoms with van der Waals surface area (Å²) in [6, 6.07) is 9.47. The number of nitrogens with zero attached hydrogens (tertiary/aromatic N) is 1. The second-order valence-electron chi connectivity index (χ2n) is 5.86. The van der Waals surface area contributed by atoms with Gasteiger partial charge in [-0.2, -0.15) is 0 Å². The molecule has 1 aromatic heterocycles. The van der Waals surface area contributed by atoms with Crippen LogP contribution in [0.25, 0.3) is 10.9 Å². The van der Waals surface area contributed by atoms with E-state index in [1.54, 1.807) is 24.3 Å². The Balaban J connectivity index is 1.50. The van der Waals surface area contributed by atoms with Crippen molar-refractivity contribution < 1.29 is 23.1 Å². The van der Waals surface area contributed by atoms with Gasteiger partial charge in [0.25, 0.3) is 11.5 Å². The minimum absolute atomic E-state index is 0.112. The fraction of sp³-hybridized carbons (Fsp3) is 0.158. The van der Waals surface area contributed by atoms with Crippen LogP contribution in [0.5, 0.6) is 0 Å². The van der Waals surface area contributed by atoms with Crippen LogP contribution in [-0.2, 0) is 20.7 Å². The Hall–Kier alpha value is -3.62. The number of carbonyl (C=O) groups is 2. The molecule has 0 aliphatic carbocycles. The summed E-state index contributed by atoms with van der Waals surface area (Å²) in [7, 11) is 0. The van der Waals surface area contributed by atoms with Crippen molar-refractivity contribution >= 4 is 28.5 Å². The number of amides is 1. The van der Waals surface area contributed by atoms with E-state index in [4.69, 9.17) is 4.74 Å². The molecule has 0 aliphatic heterocycles. The van der Waals surface area contributed by atoms with Crippen molar-refractivity contribution in [3.63, 3.8) is 0 Å². The zero-order valence-electron chi connectivity index (χ0n) is 14.5.